The van der Waals surface area contributed by atoms with Crippen LogP contribution in [0.15, 0.2) is 30.5 Å². The molecule has 0 spiro atoms. The van der Waals surface area contributed by atoms with Gasteiger partial charge in [0.1, 0.15) is 4.88 Å². The molecule has 4 atom stereocenters. The summed E-state index contributed by atoms with van der Waals surface area (Å²) in [6.07, 6.45) is 10.5. The number of fused-ring (bicyclic) bond motifs is 1. The van der Waals surface area contributed by atoms with Gasteiger partial charge in [-0.05, 0) is 50.7 Å². The highest BCUT2D eigenvalue weighted by atomic mass is 32.1. The molecule has 2 aromatic rings. The number of carbonyl (C=O) groups is 2. The number of unbranched alkanes of at least 4 members (excludes halogenated alkanes) is 1. The van der Waals surface area contributed by atoms with E-state index in [4.69, 9.17) is 4.98 Å². The summed E-state index contributed by atoms with van der Waals surface area (Å²) in [5, 5.41) is 4.89. The first-order valence-corrected chi connectivity index (χ1v) is 14.2. The molecule has 3 heterocycles. The smallest absolute Gasteiger partial charge is 0.270 e. The molecule has 7 heteroatoms. The van der Waals surface area contributed by atoms with Crippen LogP contribution in [0.25, 0.3) is 0 Å². The van der Waals surface area contributed by atoms with Gasteiger partial charge in [0.05, 0.1) is 28.6 Å². The van der Waals surface area contributed by atoms with E-state index in [1.165, 1.54) is 49.9 Å². The largest absolute Gasteiger partial charge is 0.313 e. The van der Waals surface area contributed by atoms with Crippen molar-refractivity contribution >= 4 is 34.5 Å². The van der Waals surface area contributed by atoms with Crippen molar-refractivity contribution in [1.29, 1.82) is 0 Å². The van der Waals surface area contributed by atoms with E-state index in [0.29, 0.717) is 23.4 Å². The molecule has 1 aromatic heterocycles. The van der Waals surface area contributed by atoms with E-state index in [2.05, 4.69) is 19.2 Å². The van der Waals surface area contributed by atoms with E-state index in [1.54, 1.807) is 18.0 Å². The Morgan fingerprint density at radius 2 is 1.91 bits per heavy atom. The van der Waals surface area contributed by atoms with E-state index < -0.39 is 0 Å². The molecule has 6 nitrogen and oxygen atoms in total. The summed E-state index contributed by atoms with van der Waals surface area (Å²) in [5.74, 6) is 1.11. The molecule has 2 aliphatic rings. The van der Waals surface area contributed by atoms with Crippen molar-refractivity contribution in [3.63, 3.8) is 0 Å². The molecular weight excluding hydrogens is 456 g/mol. The van der Waals surface area contributed by atoms with Crippen LogP contribution in [0.5, 0.6) is 0 Å². The average molecular weight is 497 g/mol. The Balaban J connectivity index is 1.44. The van der Waals surface area contributed by atoms with Gasteiger partial charge in [0.15, 0.2) is 0 Å². The van der Waals surface area contributed by atoms with Crippen LogP contribution >= 0.6 is 11.3 Å². The molecule has 1 N–H and O–H groups in total. The van der Waals surface area contributed by atoms with Crippen LogP contribution in [0.1, 0.15) is 93.2 Å². The summed E-state index contributed by atoms with van der Waals surface area (Å²) in [5.41, 5.74) is 1.58. The topological polar surface area (TPSA) is 65.5 Å². The molecule has 0 saturated carbocycles. The average Bonchev–Trinajstić information content (AvgIpc) is 3.36. The van der Waals surface area contributed by atoms with Gasteiger partial charge in [-0.15, -0.1) is 11.3 Å². The first kappa shape index (κ1) is 25.8. The number of amides is 2. The van der Waals surface area contributed by atoms with Gasteiger partial charge in [-0.2, -0.15) is 0 Å². The fourth-order valence-corrected chi connectivity index (χ4v) is 6.84. The van der Waals surface area contributed by atoms with E-state index in [-0.39, 0.29) is 17.9 Å². The maximum atomic E-state index is 13.6. The molecular formula is C28H40N4O2S. The lowest BCUT2D eigenvalue weighted by molar-refractivity contribution is -0.117. The second kappa shape index (κ2) is 11.7. The Bertz CT molecular complexity index is 1010. The number of hydrogen-bond donors (Lipinski definition) is 1. The molecule has 2 aliphatic heterocycles. The van der Waals surface area contributed by atoms with Gasteiger partial charge < -0.3 is 15.1 Å². The second-order valence-electron chi connectivity index (χ2n) is 10.2. The van der Waals surface area contributed by atoms with Crippen LogP contribution in [0.2, 0.25) is 0 Å². The van der Waals surface area contributed by atoms with Gasteiger partial charge in [-0.3, -0.25) is 9.59 Å². The first-order chi connectivity index (χ1) is 16.9. The summed E-state index contributed by atoms with van der Waals surface area (Å²) in [7, 11) is 0. The molecule has 0 aliphatic carbocycles. The zero-order valence-corrected chi connectivity index (χ0v) is 22.4. The molecule has 1 saturated heterocycles. The quantitative estimate of drug-likeness (QED) is 0.488. The predicted octanol–water partition coefficient (Wildman–Crippen LogP) is 5.99. The highest BCUT2D eigenvalue weighted by Gasteiger charge is 2.35. The molecule has 190 valence electrons. The Morgan fingerprint density at radius 3 is 2.57 bits per heavy atom. The number of para-hydroxylation sites is 2. The Hall–Kier alpha value is -2.25. The Kier molecular flexibility index (Phi) is 8.60. The molecule has 35 heavy (non-hydrogen) atoms. The maximum absolute atomic E-state index is 13.6. The second-order valence-corrected chi connectivity index (χ2v) is 11.2. The summed E-state index contributed by atoms with van der Waals surface area (Å²) >= 11 is 1.54. The minimum atomic E-state index is -0.0815. The number of carbonyl (C=O) groups excluding carboxylic acids is 2. The third-order valence-electron chi connectivity index (χ3n) is 7.60. The molecule has 1 aromatic carbocycles. The van der Waals surface area contributed by atoms with Gasteiger partial charge in [0.25, 0.3) is 5.91 Å². The maximum Gasteiger partial charge on any atom is 0.270 e. The third kappa shape index (κ3) is 5.61. The fraction of sp³-hybridized carbons (Fsp3) is 0.607. The number of benzene rings is 1. The number of piperidine rings is 1. The van der Waals surface area contributed by atoms with Crippen LogP contribution in [0, 0.1) is 5.92 Å². The summed E-state index contributed by atoms with van der Waals surface area (Å²) in [4.78, 5) is 34.8. The summed E-state index contributed by atoms with van der Waals surface area (Å²) in [6.45, 7) is 9.56. The van der Waals surface area contributed by atoms with Crippen molar-refractivity contribution < 1.29 is 9.59 Å². The van der Waals surface area contributed by atoms with Crippen LogP contribution in [0.3, 0.4) is 0 Å². The van der Waals surface area contributed by atoms with Crippen LogP contribution < -0.4 is 15.1 Å². The van der Waals surface area contributed by atoms with Gasteiger partial charge in [-0.1, -0.05) is 45.2 Å². The number of thiazole rings is 1. The number of hydrogen-bond acceptors (Lipinski definition) is 5. The lowest BCUT2D eigenvalue weighted by Gasteiger charge is -2.40. The monoisotopic (exact) mass is 496 g/mol. The lowest BCUT2D eigenvalue weighted by Crippen LogP contribution is -2.51. The Morgan fingerprint density at radius 1 is 1.14 bits per heavy atom. The van der Waals surface area contributed by atoms with Crippen molar-refractivity contribution in [2.75, 3.05) is 22.9 Å². The minimum absolute atomic E-state index is 0.00361. The van der Waals surface area contributed by atoms with E-state index in [0.717, 1.165) is 35.3 Å². The SMILES string of the molecule is CCCCC(CCC)C1CCC(c2ncc(C(=O)N3CC(C)N(C(C)=O)c4ccccc43)s2)CN1. The minimum Gasteiger partial charge on any atom is -0.313 e. The van der Waals surface area contributed by atoms with E-state index in [9.17, 15) is 9.59 Å². The number of nitrogens with one attached hydrogen (secondary N) is 1. The summed E-state index contributed by atoms with van der Waals surface area (Å²) < 4.78 is 0. The number of rotatable bonds is 8. The lowest BCUT2D eigenvalue weighted by atomic mass is 9.83. The molecule has 0 bridgehead atoms. The van der Waals surface area contributed by atoms with E-state index >= 15 is 0 Å². The number of anilines is 2. The van der Waals surface area contributed by atoms with Gasteiger partial charge >= 0.3 is 0 Å². The van der Waals surface area contributed by atoms with Gasteiger partial charge in [0, 0.05) is 32.0 Å². The molecule has 1 fully saturated rings. The zero-order chi connectivity index (χ0) is 24.9. The third-order valence-corrected chi connectivity index (χ3v) is 8.75. The van der Waals surface area contributed by atoms with Crippen LogP contribution in [-0.2, 0) is 4.79 Å². The normalized spacial score (nSPS) is 23.1. The van der Waals surface area contributed by atoms with Crippen LogP contribution in [0.4, 0.5) is 11.4 Å². The highest BCUT2D eigenvalue weighted by molar-refractivity contribution is 7.13. The van der Waals surface area contributed by atoms with Gasteiger partial charge in [-0.25, -0.2) is 4.98 Å². The van der Waals surface area contributed by atoms with Crippen molar-refractivity contribution in [3.8, 4) is 0 Å². The number of nitrogens with zero attached hydrogens (tertiary/aromatic N) is 3. The summed E-state index contributed by atoms with van der Waals surface area (Å²) in [6, 6.07) is 8.20. The molecule has 0 radical (unpaired) electrons. The highest BCUT2D eigenvalue weighted by Crippen LogP contribution is 2.38. The van der Waals surface area contributed by atoms with Crippen molar-refractivity contribution in [2.24, 2.45) is 5.92 Å². The van der Waals surface area contributed by atoms with Gasteiger partial charge in [0.2, 0.25) is 5.91 Å². The van der Waals surface area contributed by atoms with Crippen LogP contribution in [-0.4, -0.2) is 42.0 Å². The van der Waals surface area contributed by atoms with Crippen molar-refractivity contribution in [1.82, 2.24) is 10.3 Å². The molecule has 2 amide bonds. The standard InChI is InChI=1S/C28H40N4O2S/c1-5-7-11-21(10-6-2)23-15-14-22(16-29-23)27-30-17-26(35-27)28(34)31-18-19(3)32(20(4)33)25-13-9-8-12-24(25)31/h8-9,12-13,17,19,21-23,29H,5-7,10-11,14-16,18H2,1-4H3. The van der Waals surface area contributed by atoms with E-state index in [1.807, 2.05) is 36.1 Å². The number of aromatic nitrogens is 1. The first-order valence-electron chi connectivity index (χ1n) is 13.3. The zero-order valence-electron chi connectivity index (χ0n) is 21.6. The molecule has 4 rings (SSSR count). The fourth-order valence-electron chi connectivity index (χ4n) is 5.83. The Labute approximate surface area is 214 Å². The van der Waals surface area contributed by atoms with Crippen molar-refractivity contribution in [3.05, 3.63) is 40.3 Å². The predicted molar refractivity (Wildman–Crippen MR) is 145 cm³/mol. The molecule has 4 unspecified atom stereocenters. The van der Waals surface area contributed by atoms with Crippen molar-refractivity contribution in [2.45, 2.75) is 90.6 Å².